The second kappa shape index (κ2) is 5.80. The van der Waals surface area contributed by atoms with Crippen molar-refractivity contribution >= 4 is 5.97 Å². The molecule has 2 rings (SSSR count). The first-order valence-electron chi connectivity index (χ1n) is 7.52. The van der Waals surface area contributed by atoms with Gasteiger partial charge in [0.05, 0.1) is 12.7 Å². The number of hydrogen-bond acceptors (Lipinski definition) is 3. The summed E-state index contributed by atoms with van der Waals surface area (Å²) in [5.74, 6) is 0.829. The van der Waals surface area contributed by atoms with Crippen LogP contribution < -0.4 is 5.32 Å². The van der Waals surface area contributed by atoms with Gasteiger partial charge in [0.15, 0.2) is 0 Å². The highest BCUT2D eigenvalue weighted by Crippen LogP contribution is 2.41. The molecule has 0 aromatic carbocycles. The highest BCUT2D eigenvalue weighted by atomic mass is 16.5. The topological polar surface area (TPSA) is 58.6 Å². The van der Waals surface area contributed by atoms with Gasteiger partial charge in [-0.1, -0.05) is 13.8 Å². The normalized spacial score (nSPS) is 34.8. The standard InChI is InChI=1S/C15H27NO3/c1-10-6-11(2)8-13(7-10)19-9-15(16-3,14(17)18)12-4-5-12/h10-13,16H,4-9H2,1-3H3,(H,17,18). The molecule has 2 saturated carbocycles. The summed E-state index contributed by atoms with van der Waals surface area (Å²) in [6.45, 7) is 4.82. The Labute approximate surface area is 115 Å². The van der Waals surface area contributed by atoms with Gasteiger partial charge in [0.2, 0.25) is 0 Å². The van der Waals surface area contributed by atoms with E-state index in [1.807, 2.05) is 0 Å². The molecule has 0 aliphatic heterocycles. The van der Waals surface area contributed by atoms with E-state index in [0.29, 0.717) is 18.4 Å². The van der Waals surface area contributed by atoms with Gasteiger partial charge in [0, 0.05) is 0 Å². The highest BCUT2D eigenvalue weighted by Gasteiger charge is 2.51. The first kappa shape index (κ1) is 14.8. The van der Waals surface area contributed by atoms with Gasteiger partial charge in [-0.25, -0.2) is 0 Å². The molecule has 3 atom stereocenters. The number of likely N-dealkylation sites (N-methyl/N-ethyl adjacent to an activating group) is 1. The summed E-state index contributed by atoms with van der Waals surface area (Å²) in [6, 6.07) is 0. The number of carboxylic acids is 1. The second-order valence-corrected chi connectivity index (χ2v) is 6.65. The van der Waals surface area contributed by atoms with Crippen molar-refractivity contribution in [2.45, 2.75) is 57.6 Å². The molecule has 0 amide bonds. The number of nitrogens with one attached hydrogen (secondary N) is 1. The van der Waals surface area contributed by atoms with Gasteiger partial charge < -0.3 is 15.2 Å². The Balaban J connectivity index is 1.93. The lowest BCUT2D eigenvalue weighted by molar-refractivity contribution is -0.151. The van der Waals surface area contributed by atoms with E-state index in [2.05, 4.69) is 19.2 Å². The molecule has 3 unspecified atom stereocenters. The van der Waals surface area contributed by atoms with Gasteiger partial charge in [-0.2, -0.15) is 0 Å². The first-order valence-corrected chi connectivity index (χ1v) is 7.52. The van der Waals surface area contributed by atoms with Crippen molar-refractivity contribution in [1.82, 2.24) is 5.32 Å². The molecule has 110 valence electrons. The van der Waals surface area contributed by atoms with Crippen molar-refractivity contribution in [1.29, 1.82) is 0 Å². The molecule has 2 aliphatic carbocycles. The summed E-state index contributed by atoms with van der Waals surface area (Å²) in [5.41, 5.74) is -0.871. The van der Waals surface area contributed by atoms with Crippen LogP contribution in [-0.4, -0.2) is 36.4 Å². The molecule has 0 bridgehead atoms. The van der Waals surface area contributed by atoms with E-state index < -0.39 is 11.5 Å². The smallest absolute Gasteiger partial charge is 0.326 e. The molecule has 2 N–H and O–H groups in total. The molecular formula is C15H27NO3. The molecule has 4 nitrogen and oxygen atoms in total. The van der Waals surface area contributed by atoms with Crippen molar-refractivity contribution < 1.29 is 14.6 Å². The first-order chi connectivity index (χ1) is 8.98. The number of rotatable bonds is 6. The maximum atomic E-state index is 11.6. The zero-order chi connectivity index (χ0) is 14.0. The minimum absolute atomic E-state index is 0.226. The van der Waals surface area contributed by atoms with Crippen molar-refractivity contribution in [3.8, 4) is 0 Å². The summed E-state index contributed by atoms with van der Waals surface area (Å²) < 4.78 is 6.00. The zero-order valence-corrected chi connectivity index (χ0v) is 12.3. The van der Waals surface area contributed by atoms with Crippen LogP contribution in [0.15, 0.2) is 0 Å². The summed E-state index contributed by atoms with van der Waals surface area (Å²) >= 11 is 0. The Bertz CT molecular complexity index is 319. The predicted octanol–water partition coefficient (Wildman–Crippen LogP) is 2.28. The van der Waals surface area contributed by atoms with Gasteiger partial charge in [-0.15, -0.1) is 0 Å². The predicted molar refractivity (Wildman–Crippen MR) is 74.1 cm³/mol. The van der Waals surface area contributed by atoms with Crippen LogP contribution >= 0.6 is 0 Å². The Hall–Kier alpha value is -0.610. The van der Waals surface area contributed by atoms with E-state index in [1.54, 1.807) is 7.05 Å². The summed E-state index contributed by atoms with van der Waals surface area (Å²) in [4.78, 5) is 11.6. The molecule has 19 heavy (non-hydrogen) atoms. The quantitative estimate of drug-likeness (QED) is 0.776. The van der Waals surface area contributed by atoms with Crippen molar-refractivity contribution in [2.24, 2.45) is 17.8 Å². The molecule has 2 aliphatic rings. The summed E-state index contributed by atoms with van der Waals surface area (Å²) in [6.07, 6.45) is 5.60. The van der Waals surface area contributed by atoms with Crippen LogP contribution in [0.5, 0.6) is 0 Å². The zero-order valence-electron chi connectivity index (χ0n) is 12.3. The molecule has 0 radical (unpaired) electrons. The maximum absolute atomic E-state index is 11.6. The van der Waals surface area contributed by atoms with E-state index in [-0.39, 0.29) is 12.0 Å². The van der Waals surface area contributed by atoms with Crippen molar-refractivity contribution in [2.75, 3.05) is 13.7 Å². The van der Waals surface area contributed by atoms with Crippen LogP contribution in [0.3, 0.4) is 0 Å². The maximum Gasteiger partial charge on any atom is 0.326 e. The average molecular weight is 269 g/mol. The third-order valence-corrected chi connectivity index (χ3v) is 4.78. The number of hydrogen-bond donors (Lipinski definition) is 2. The van der Waals surface area contributed by atoms with Gasteiger partial charge in [-0.3, -0.25) is 4.79 Å². The van der Waals surface area contributed by atoms with Crippen molar-refractivity contribution in [3.63, 3.8) is 0 Å². The SMILES string of the molecule is CNC(COC1CC(C)CC(C)C1)(C(=O)O)C1CC1. The lowest BCUT2D eigenvalue weighted by Crippen LogP contribution is -2.56. The molecule has 4 heteroatoms. The van der Waals surface area contributed by atoms with Crippen LogP contribution in [0.1, 0.15) is 46.0 Å². The molecular weight excluding hydrogens is 242 g/mol. The number of aliphatic carboxylic acids is 1. The van der Waals surface area contributed by atoms with Crippen LogP contribution in [0.2, 0.25) is 0 Å². The van der Waals surface area contributed by atoms with Crippen molar-refractivity contribution in [3.05, 3.63) is 0 Å². The Morgan fingerprint density at radius 2 is 1.84 bits per heavy atom. The largest absolute Gasteiger partial charge is 0.480 e. The van der Waals surface area contributed by atoms with Gasteiger partial charge in [-0.05, 0) is 56.9 Å². The van der Waals surface area contributed by atoms with E-state index in [1.165, 1.54) is 6.42 Å². The molecule has 0 aromatic heterocycles. The Kier molecular flexibility index (Phi) is 4.51. The van der Waals surface area contributed by atoms with Gasteiger partial charge in [0.25, 0.3) is 0 Å². The van der Waals surface area contributed by atoms with E-state index in [9.17, 15) is 9.90 Å². The molecule has 0 heterocycles. The average Bonchev–Trinajstić information content (AvgIpc) is 3.13. The third kappa shape index (κ3) is 3.29. The van der Waals surface area contributed by atoms with Crippen LogP contribution in [0, 0.1) is 17.8 Å². The summed E-state index contributed by atoms with van der Waals surface area (Å²) in [5, 5.41) is 12.5. The molecule has 0 saturated heterocycles. The van der Waals surface area contributed by atoms with E-state index >= 15 is 0 Å². The fourth-order valence-corrected chi connectivity index (χ4v) is 3.57. The fourth-order valence-electron chi connectivity index (χ4n) is 3.57. The minimum atomic E-state index is -0.871. The van der Waals surface area contributed by atoms with Crippen LogP contribution in [-0.2, 0) is 9.53 Å². The Morgan fingerprint density at radius 1 is 1.26 bits per heavy atom. The fraction of sp³-hybridized carbons (Fsp3) is 0.933. The van der Waals surface area contributed by atoms with Crippen LogP contribution in [0.4, 0.5) is 0 Å². The van der Waals surface area contributed by atoms with Gasteiger partial charge >= 0.3 is 5.97 Å². The molecule has 0 spiro atoms. The highest BCUT2D eigenvalue weighted by molar-refractivity contribution is 5.80. The number of ether oxygens (including phenoxy) is 1. The van der Waals surface area contributed by atoms with Crippen LogP contribution in [0.25, 0.3) is 0 Å². The number of carbonyl (C=O) groups is 1. The monoisotopic (exact) mass is 269 g/mol. The second-order valence-electron chi connectivity index (χ2n) is 6.65. The lowest BCUT2D eigenvalue weighted by atomic mass is 9.81. The lowest BCUT2D eigenvalue weighted by Gasteiger charge is -2.35. The molecule has 0 aromatic rings. The third-order valence-electron chi connectivity index (χ3n) is 4.78. The van der Waals surface area contributed by atoms with Gasteiger partial charge in [0.1, 0.15) is 5.54 Å². The Morgan fingerprint density at radius 3 is 2.26 bits per heavy atom. The minimum Gasteiger partial charge on any atom is -0.480 e. The number of carboxylic acid groups (broad SMARTS) is 1. The molecule has 2 fully saturated rings. The summed E-state index contributed by atoms with van der Waals surface area (Å²) in [7, 11) is 1.74. The van der Waals surface area contributed by atoms with E-state index in [4.69, 9.17) is 4.74 Å². The van der Waals surface area contributed by atoms with E-state index in [0.717, 1.165) is 25.7 Å².